The van der Waals surface area contributed by atoms with Gasteiger partial charge >= 0.3 is 0 Å². The molecular formula is C11H14O4. The fourth-order valence-electron chi connectivity index (χ4n) is 1.70. The Morgan fingerprint density at radius 2 is 2.07 bits per heavy atom. The summed E-state index contributed by atoms with van der Waals surface area (Å²) in [5, 5.41) is 19.1. The van der Waals surface area contributed by atoms with Crippen molar-refractivity contribution in [3.63, 3.8) is 0 Å². The molecule has 0 fully saturated rings. The third kappa shape index (κ3) is 1.51. The summed E-state index contributed by atoms with van der Waals surface area (Å²) in [5.41, 5.74) is 0.0448. The van der Waals surface area contributed by atoms with Crippen LogP contribution in [0.25, 0.3) is 0 Å². The number of aliphatic hydroxyl groups is 1. The van der Waals surface area contributed by atoms with Crippen molar-refractivity contribution in [2.45, 2.75) is 19.3 Å². The molecule has 2 N–H and O–H groups in total. The van der Waals surface area contributed by atoms with Crippen LogP contribution in [0.3, 0.4) is 0 Å². The van der Waals surface area contributed by atoms with Crippen molar-refractivity contribution in [3.05, 3.63) is 17.7 Å². The highest BCUT2D eigenvalue weighted by molar-refractivity contribution is 5.57. The van der Waals surface area contributed by atoms with Gasteiger partial charge < -0.3 is 19.7 Å². The summed E-state index contributed by atoms with van der Waals surface area (Å²) in [4.78, 5) is 0. The zero-order chi connectivity index (χ0) is 11.1. The van der Waals surface area contributed by atoms with E-state index in [1.807, 2.05) is 13.8 Å². The lowest BCUT2D eigenvalue weighted by molar-refractivity contribution is 0.168. The van der Waals surface area contributed by atoms with Crippen LogP contribution < -0.4 is 9.47 Å². The molecule has 0 unspecified atom stereocenters. The van der Waals surface area contributed by atoms with E-state index in [0.717, 1.165) is 0 Å². The standard InChI is InChI=1S/C11H14O4/c1-11(2,5-12)9-7(13)3-4-8-10(9)15-6-14-8/h3-4,12-13H,5-6H2,1-2H3. The molecule has 0 spiro atoms. The van der Waals surface area contributed by atoms with Gasteiger partial charge in [-0.25, -0.2) is 0 Å². The first-order valence-electron chi connectivity index (χ1n) is 4.79. The Bertz CT molecular complexity index is 384. The molecule has 4 heteroatoms. The number of aliphatic hydroxyl groups excluding tert-OH is 1. The number of ether oxygens (including phenoxy) is 2. The monoisotopic (exact) mass is 210 g/mol. The number of aromatic hydroxyl groups is 1. The van der Waals surface area contributed by atoms with Crippen molar-refractivity contribution in [2.24, 2.45) is 0 Å². The maximum Gasteiger partial charge on any atom is 0.231 e. The predicted molar refractivity (Wildman–Crippen MR) is 54.3 cm³/mol. The van der Waals surface area contributed by atoms with Gasteiger partial charge in [0, 0.05) is 11.0 Å². The second-order valence-corrected chi connectivity index (χ2v) is 4.24. The Balaban J connectivity index is 2.60. The molecule has 1 aromatic carbocycles. The van der Waals surface area contributed by atoms with E-state index in [2.05, 4.69) is 0 Å². The number of hydrogen-bond donors (Lipinski definition) is 2. The Morgan fingerprint density at radius 1 is 1.33 bits per heavy atom. The van der Waals surface area contributed by atoms with Crippen LogP contribution in [0.5, 0.6) is 17.2 Å². The van der Waals surface area contributed by atoms with Gasteiger partial charge in [-0.15, -0.1) is 0 Å². The highest BCUT2D eigenvalue weighted by Crippen LogP contribution is 2.46. The summed E-state index contributed by atoms with van der Waals surface area (Å²) in [5.74, 6) is 1.27. The molecule has 0 amide bonds. The van der Waals surface area contributed by atoms with E-state index in [0.29, 0.717) is 17.1 Å². The molecule has 0 aliphatic carbocycles. The van der Waals surface area contributed by atoms with E-state index in [4.69, 9.17) is 9.47 Å². The van der Waals surface area contributed by atoms with Crippen LogP contribution in [0.15, 0.2) is 12.1 Å². The number of phenolic OH excluding ortho intramolecular Hbond substituents is 1. The van der Waals surface area contributed by atoms with E-state index in [9.17, 15) is 10.2 Å². The molecule has 0 radical (unpaired) electrons. The van der Waals surface area contributed by atoms with Crippen LogP contribution in [0.4, 0.5) is 0 Å². The number of rotatable bonds is 2. The van der Waals surface area contributed by atoms with Crippen molar-refractivity contribution in [1.82, 2.24) is 0 Å². The molecule has 0 aromatic heterocycles. The number of phenols is 1. The molecule has 15 heavy (non-hydrogen) atoms. The third-order valence-corrected chi connectivity index (χ3v) is 2.59. The van der Waals surface area contributed by atoms with Gasteiger partial charge in [0.2, 0.25) is 6.79 Å². The third-order valence-electron chi connectivity index (χ3n) is 2.59. The molecule has 82 valence electrons. The second kappa shape index (κ2) is 3.31. The number of fused-ring (bicyclic) bond motifs is 1. The lowest BCUT2D eigenvalue weighted by atomic mass is 9.84. The Hall–Kier alpha value is -1.42. The lowest BCUT2D eigenvalue weighted by Gasteiger charge is -2.24. The molecule has 2 rings (SSSR count). The Labute approximate surface area is 88.1 Å². The van der Waals surface area contributed by atoms with E-state index in [-0.39, 0.29) is 19.1 Å². The van der Waals surface area contributed by atoms with E-state index in [1.54, 1.807) is 12.1 Å². The van der Waals surface area contributed by atoms with Crippen LogP contribution in [-0.4, -0.2) is 23.6 Å². The van der Waals surface area contributed by atoms with Gasteiger partial charge in [-0.2, -0.15) is 0 Å². The highest BCUT2D eigenvalue weighted by atomic mass is 16.7. The fourth-order valence-corrected chi connectivity index (χ4v) is 1.70. The molecule has 0 saturated heterocycles. The smallest absolute Gasteiger partial charge is 0.231 e. The second-order valence-electron chi connectivity index (χ2n) is 4.24. The molecule has 1 aromatic rings. The van der Waals surface area contributed by atoms with Gasteiger partial charge in [-0.1, -0.05) is 13.8 Å². The topological polar surface area (TPSA) is 58.9 Å². The van der Waals surface area contributed by atoms with Crippen molar-refractivity contribution < 1.29 is 19.7 Å². The van der Waals surface area contributed by atoms with Crippen molar-refractivity contribution in [3.8, 4) is 17.2 Å². The van der Waals surface area contributed by atoms with Gasteiger partial charge in [0.25, 0.3) is 0 Å². The molecular weight excluding hydrogens is 196 g/mol. The van der Waals surface area contributed by atoms with Crippen LogP contribution in [0.2, 0.25) is 0 Å². The van der Waals surface area contributed by atoms with Gasteiger partial charge in [0.1, 0.15) is 5.75 Å². The summed E-state index contributed by atoms with van der Waals surface area (Å²) in [6.45, 7) is 3.77. The van der Waals surface area contributed by atoms with Crippen molar-refractivity contribution in [2.75, 3.05) is 13.4 Å². The minimum absolute atomic E-state index is 0.0691. The molecule has 1 aliphatic heterocycles. The van der Waals surface area contributed by atoms with Gasteiger partial charge in [0.05, 0.1) is 6.61 Å². The van der Waals surface area contributed by atoms with Crippen molar-refractivity contribution in [1.29, 1.82) is 0 Å². The lowest BCUT2D eigenvalue weighted by Crippen LogP contribution is -2.22. The molecule has 1 heterocycles. The largest absolute Gasteiger partial charge is 0.508 e. The molecule has 1 aliphatic rings. The minimum atomic E-state index is -0.552. The number of hydrogen-bond acceptors (Lipinski definition) is 4. The van der Waals surface area contributed by atoms with Crippen LogP contribution in [0.1, 0.15) is 19.4 Å². The summed E-state index contributed by atoms with van der Waals surface area (Å²) in [6, 6.07) is 3.22. The Morgan fingerprint density at radius 3 is 2.73 bits per heavy atom. The van der Waals surface area contributed by atoms with Crippen LogP contribution in [-0.2, 0) is 5.41 Å². The molecule has 0 bridgehead atoms. The maximum absolute atomic E-state index is 9.79. The Kier molecular flexibility index (Phi) is 2.23. The first-order chi connectivity index (χ1) is 7.06. The zero-order valence-corrected chi connectivity index (χ0v) is 8.78. The first-order valence-corrected chi connectivity index (χ1v) is 4.79. The summed E-state index contributed by atoms with van der Waals surface area (Å²) in [6.07, 6.45) is 0. The van der Waals surface area contributed by atoms with Crippen molar-refractivity contribution >= 4 is 0 Å². The molecule has 0 saturated carbocycles. The van der Waals surface area contributed by atoms with Gasteiger partial charge in [-0.05, 0) is 12.1 Å². The normalized spacial score (nSPS) is 14.3. The summed E-state index contributed by atoms with van der Waals surface area (Å²) in [7, 11) is 0. The maximum atomic E-state index is 9.79. The van der Waals surface area contributed by atoms with E-state index >= 15 is 0 Å². The molecule has 4 nitrogen and oxygen atoms in total. The van der Waals surface area contributed by atoms with Gasteiger partial charge in [0.15, 0.2) is 11.5 Å². The first kappa shape index (κ1) is 10.1. The van der Waals surface area contributed by atoms with Crippen LogP contribution in [0, 0.1) is 0 Å². The minimum Gasteiger partial charge on any atom is -0.508 e. The van der Waals surface area contributed by atoms with Crippen LogP contribution >= 0.6 is 0 Å². The fraction of sp³-hybridized carbons (Fsp3) is 0.455. The van der Waals surface area contributed by atoms with Gasteiger partial charge in [-0.3, -0.25) is 0 Å². The highest BCUT2D eigenvalue weighted by Gasteiger charge is 2.31. The van der Waals surface area contributed by atoms with E-state index in [1.165, 1.54) is 0 Å². The summed E-state index contributed by atoms with van der Waals surface area (Å²) >= 11 is 0. The zero-order valence-electron chi connectivity index (χ0n) is 8.78. The SMILES string of the molecule is CC(C)(CO)c1c(O)ccc2c1OCO2. The average Bonchev–Trinajstić information content (AvgIpc) is 2.64. The average molecular weight is 210 g/mol. The predicted octanol–water partition coefficient (Wildman–Crippen LogP) is 1.39. The molecule has 0 atom stereocenters. The summed E-state index contributed by atoms with van der Waals surface area (Å²) < 4.78 is 10.5. The van der Waals surface area contributed by atoms with E-state index < -0.39 is 5.41 Å². The number of benzene rings is 1. The quantitative estimate of drug-likeness (QED) is 0.774.